The van der Waals surface area contributed by atoms with Crippen LogP contribution in [0, 0.1) is 0 Å². The minimum Gasteiger partial charge on any atom is -0.463 e. The Kier molecular flexibility index (Phi) is 3.18. The molecule has 17 heavy (non-hydrogen) atoms. The first-order chi connectivity index (χ1) is 8.20. The molecule has 0 unspecified atom stereocenters. The van der Waals surface area contributed by atoms with E-state index in [-0.39, 0.29) is 20.4 Å². The van der Waals surface area contributed by atoms with E-state index in [2.05, 4.69) is 10.3 Å². The number of carbonyl (C=O) groups is 2. The average Bonchev–Trinajstić information content (AvgIpc) is 2.47. The molecule has 2 heterocycles. The first-order valence-corrected chi connectivity index (χ1v) is 5.33. The number of esters is 1. The van der Waals surface area contributed by atoms with Gasteiger partial charge in [-0.3, -0.25) is 4.79 Å². The summed E-state index contributed by atoms with van der Waals surface area (Å²) < 4.78 is 4.89. The van der Waals surface area contributed by atoms with E-state index in [4.69, 9.17) is 4.74 Å². The predicted molar refractivity (Wildman–Crippen MR) is 64.2 cm³/mol. The minimum absolute atomic E-state index is 0. The molecule has 1 aromatic heterocycles. The number of carbonyl (C=O) groups excluding carboxylic acids is 2. The third-order valence-electron chi connectivity index (χ3n) is 2.32. The van der Waals surface area contributed by atoms with E-state index in [1.54, 1.807) is 31.3 Å². The predicted octanol–water partition coefficient (Wildman–Crippen LogP) is 1.62. The fourth-order valence-electron chi connectivity index (χ4n) is 1.58. The van der Waals surface area contributed by atoms with E-state index < -0.39 is 5.97 Å². The number of hydrogen-bond donors (Lipinski definition) is 1. The minimum atomic E-state index is -0.459. The third kappa shape index (κ3) is 2.50. The number of anilines is 1. The summed E-state index contributed by atoms with van der Waals surface area (Å²) in [5.41, 5.74) is 1.05. The van der Waals surface area contributed by atoms with Gasteiger partial charge in [-0.05, 0) is 25.1 Å². The fraction of sp³-hybridized carbons (Fsp3) is 0.250. The van der Waals surface area contributed by atoms with Gasteiger partial charge in [0.25, 0.3) is 0 Å². The second-order valence-corrected chi connectivity index (χ2v) is 3.56. The van der Waals surface area contributed by atoms with E-state index >= 15 is 0 Å². The van der Waals surface area contributed by atoms with Crippen molar-refractivity contribution in [1.29, 1.82) is 0 Å². The lowest BCUT2D eigenvalue weighted by Gasteiger charge is -2.03. The van der Waals surface area contributed by atoms with Crippen LogP contribution in [0.4, 0.5) is 5.82 Å². The summed E-state index contributed by atoms with van der Waals surface area (Å²) in [6.45, 7) is 2.02. The molecule has 90 valence electrons. The maximum atomic E-state index is 11.6. The highest BCUT2D eigenvalue weighted by Gasteiger charge is 2.20. The van der Waals surface area contributed by atoms with Crippen LogP contribution in [-0.2, 0) is 14.3 Å². The number of amides is 1. The van der Waals surface area contributed by atoms with E-state index in [1.165, 1.54) is 0 Å². The summed E-state index contributed by atoms with van der Waals surface area (Å²) in [4.78, 5) is 27.2. The standard InChI is InChI=1S/C12H12N2O3.H2/c1-2-17-12(16)9-6-8-4-3-5-13-11(8)14-10(15)7-9;/h3-6H,2,7H2,1H3,(H,13,14,15);1H. The van der Waals surface area contributed by atoms with Crippen molar-refractivity contribution in [3.05, 3.63) is 29.5 Å². The first kappa shape index (κ1) is 11.3. The topological polar surface area (TPSA) is 68.3 Å². The Hall–Kier alpha value is -2.17. The van der Waals surface area contributed by atoms with E-state index in [0.717, 1.165) is 0 Å². The summed E-state index contributed by atoms with van der Waals surface area (Å²) in [7, 11) is 0. The number of pyridine rings is 1. The monoisotopic (exact) mass is 234 g/mol. The highest BCUT2D eigenvalue weighted by molar-refractivity contribution is 6.05. The summed E-state index contributed by atoms with van der Waals surface area (Å²) in [6, 6.07) is 3.53. The highest BCUT2D eigenvalue weighted by atomic mass is 16.5. The molecule has 0 aliphatic carbocycles. The molecule has 0 saturated carbocycles. The third-order valence-corrected chi connectivity index (χ3v) is 2.32. The quantitative estimate of drug-likeness (QED) is 0.789. The van der Waals surface area contributed by atoms with Crippen LogP contribution in [0.15, 0.2) is 23.9 Å². The van der Waals surface area contributed by atoms with Gasteiger partial charge in [-0.15, -0.1) is 0 Å². The summed E-state index contributed by atoms with van der Waals surface area (Å²) >= 11 is 0. The first-order valence-electron chi connectivity index (χ1n) is 5.33. The lowest BCUT2D eigenvalue weighted by molar-refractivity contribution is -0.139. The zero-order valence-corrected chi connectivity index (χ0v) is 9.40. The van der Waals surface area contributed by atoms with Gasteiger partial charge in [0.1, 0.15) is 5.82 Å². The van der Waals surface area contributed by atoms with E-state index in [1.807, 2.05) is 0 Å². The molecule has 0 saturated heterocycles. The zero-order chi connectivity index (χ0) is 12.3. The molecule has 1 aliphatic rings. The number of nitrogens with zero attached hydrogens (tertiary/aromatic N) is 1. The molecule has 0 fully saturated rings. The second kappa shape index (κ2) is 4.78. The Bertz CT molecular complexity index is 500. The molecule has 1 N–H and O–H groups in total. The number of nitrogens with one attached hydrogen (secondary N) is 1. The Balaban J connectivity index is 0.00000162. The van der Waals surface area contributed by atoms with Crippen LogP contribution >= 0.6 is 0 Å². The van der Waals surface area contributed by atoms with Gasteiger partial charge in [-0.1, -0.05) is 0 Å². The molecule has 0 bridgehead atoms. The van der Waals surface area contributed by atoms with Crippen molar-refractivity contribution in [3.8, 4) is 0 Å². The summed E-state index contributed by atoms with van der Waals surface area (Å²) in [5, 5.41) is 2.64. The van der Waals surface area contributed by atoms with Gasteiger partial charge in [-0.25, -0.2) is 9.78 Å². The van der Waals surface area contributed by atoms with Crippen LogP contribution < -0.4 is 5.32 Å². The number of hydrogen-bond acceptors (Lipinski definition) is 4. The molecule has 1 aliphatic heterocycles. The van der Waals surface area contributed by atoms with Gasteiger partial charge in [0.2, 0.25) is 5.91 Å². The summed E-state index contributed by atoms with van der Waals surface area (Å²) in [5.74, 6) is -0.252. The van der Waals surface area contributed by atoms with Crippen LogP contribution in [0.2, 0.25) is 0 Å². The maximum absolute atomic E-state index is 11.6. The lowest BCUT2D eigenvalue weighted by atomic mass is 10.1. The van der Waals surface area contributed by atoms with Gasteiger partial charge in [0.05, 0.1) is 13.0 Å². The molecule has 1 amide bonds. The van der Waals surface area contributed by atoms with Crippen LogP contribution in [0.5, 0.6) is 0 Å². The average molecular weight is 234 g/mol. The van der Waals surface area contributed by atoms with Crippen LogP contribution in [-0.4, -0.2) is 23.5 Å². The van der Waals surface area contributed by atoms with Gasteiger partial charge >= 0.3 is 5.97 Å². The molecular formula is C12H14N2O3. The number of fused-ring (bicyclic) bond motifs is 1. The van der Waals surface area contributed by atoms with Gasteiger partial charge < -0.3 is 10.1 Å². The zero-order valence-electron chi connectivity index (χ0n) is 9.40. The molecule has 5 heteroatoms. The number of ether oxygens (including phenoxy) is 1. The van der Waals surface area contributed by atoms with Crippen molar-refractivity contribution >= 4 is 23.8 Å². The molecule has 5 nitrogen and oxygen atoms in total. The van der Waals surface area contributed by atoms with Crippen LogP contribution in [0.1, 0.15) is 20.3 Å². The van der Waals surface area contributed by atoms with E-state index in [9.17, 15) is 9.59 Å². The van der Waals surface area contributed by atoms with E-state index in [0.29, 0.717) is 17.0 Å². The van der Waals surface area contributed by atoms with Crippen LogP contribution in [0.25, 0.3) is 6.08 Å². The van der Waals surface area contributed by atoms with Crippen molar-refractivity contribution in [3.63, 3.8) is 0 Å². The van der Waals surface area contributed by atoms with Crippen molar-refractivity contribution in [2.24, 2.45) is 0 Å². The van der Waals surface area contributed by atoms with Crippen molar-refractivity contribution in [2.75, 3.05) is 11.9 Å². The second-order valence-electron chi connectivity index (χ2n) is 3.56. The Labute approximate surface area is 100.0 Å². The van der Waals surface area contributed by atoms with Crippen molar-refractivity contribution in [1.82, 2.24) is 4.98 Å². The molecule has 0 atom stereocenters. The summed E-state index contributed by atoms with van der Waals surface area (Å²) in [6.07, 6.45) is 3.23. The molecular weight excluding hydrogens is 220 g/mol. The van der Waals surface area contributed by atoms with Crippen molar-refractivity contribution in [2.45, 2.75) is 13.3 Å². The molecule has 0 spiro atoms. The van der Waals surface area contributed by atoms with Crippen molar-refractivity contribution < 1.29 is 15.8 Å². The Morgan fingerprint density at radius 1 is 1.65 bits per heavy atom. The molecule has 0 radical (unpaired) electrons. The molecule has 0 aromatic carbocycles. The highest BCUT2D eigenvalue weighted by Crippen LogP contribution is 2.22. The number of rotatable bonds is 2. The molecule has 1 aromatic rings. The fourth-order valence-corrected chi connectivity index (χ4v) is 1.58. The van der Waals surface area contributed by atoms with Gasteiger partial charge in [0, 0.05) is 18.8 Å². The van der Waals surface area contributed by atoms with Crippen LogP contribution in [0.3, 0.4) is 0 Å². The smallest absolute Gasteiger partial charge is 0.334 e. The van der Waals surface area contributed by atoms with Gasteiger partial charge in [-0.2, -0.15) is 0 Å². The SMILES string of the molecule is CCOC(=O)C1=Cc2cccnc2NC(=O)C1.[HH]. The van der Waals surface area contributed by atoms with Gasteiger partial charge in [0.15, 0.2) is 0 Å². The Morgan fingerprint density at radius 2 is 2.47 bits per heavy atom. The maximum Gasteiger partial charge on any atom is 0.334 e. The molecule has 2 rings (SSSR count). The normalized spacial score (nSPS) is 14.2. The Morgan fingerprint density at radius 3 is 3.24 bits per heavy atom. The largest absolute Gasteiger partial charge is 0.463 e. The lowest BCUT2D eigenvalue weighted by Crippen LogP contribution is -2.15. The number of aromatic nitrogens is 1.